The van der Waals surface area contributed by atoms with E-state index in [-0.39, 0.29) is 24.2 Å². The summed E-state index contributed by atoms with van der Waals surface area (Å²) >= 11 is 3.15. The summed E-state index contributed by atoms with van der Waals surface area (Å²) in [5, 5.41) is 0. The third kappa shape index (κ3) is 4.49. The van der Waals surface area contributed by atoms with Crippen LogP contribution in [0.4, 0.5) is 4.39 Å². The van der Waals surface area contributed by atoms with Gasteiger partial charge in [-0.1, -0.05) is 6.07 Å². The van der Waals surface area contributed by atoms with Crippen molar-refractivity contribution in [1.29, 1.82) is 0 Å². The van der Waals surface area contributed by atoms with E-state index in [0.29, 0.717) is 24.3 Å². The molecule has 2 rings (SSSR count). The van der Waals surface area contributed by atoms with E-state index in [1.54, 1.807) is 13.0 Å². The Balaban J connectivity index is 2.20. The number of morpholine rings is 1. The molecule has 0 amide bonds. The smallest absolute Gasteiger partial charge is 0.307 e. The van der Waals surface area contributed by atoms with Crippen LogP contribution in [0.5, 0.6) is 0 Å². The minimum absolute atomic E-state index is 0.185. The van der Waals surface area contributed by atoms with Crippen LogP contribution in [0.15, 0.2) is 22.7 Å². The highest BCUT2D eigenvalue weighted by atomic mass is 79.9. The molecule has 0 aliphatic carbocycles. The van der Waals surface area contributed by atoms with Crippen LogP contribution in [0, 0.1) is 5.82 Å². The maximum absolute atomic E-state index is 13.8. The second-order valence-electron chi connectivity index (χ2n) is 4.85. The average molecular weight is 360 g/mol. The number of carbonyl (C=O) groups is 1. The standard InChI is InChI=1S/C15H19BrFNO3/c1-2-21-15(19)10-14(18-5-7-20-8-6-18)11-3-4-12(16)13(17)9-11/h3-4,9,14H,2,5-8,10H2,1H3. The quantitative estimate of drug-likeness (QED) is 0.757. The lowest BCUT2D eigenvalue weighted by Gasteiger charge is -2.34. The first-order valence-electron chi connectivity index (χ1n) is 7.04. The van der Waals surface area contributed by atoms with E-state index in [9.17, 15) is 9.18 Å². The molecule has 0 saturated carbocycles. The van der Waals surface area contributed by atoms with Gasteiger partial charge >= 0.3 is 5.97 Å². The predicted octanol–water partition coefficient (Wildman–Crippen LogP) is 2.91. The summed E-state index contributed by atoms with van der Waals surface area (Å²) in [6.45, 7) is 4.82. The molecule has 1 aromatic rings. The second-order valence-corrected chi connectivity index (χ2v) is 5.70. The maximum atomic E-state index is 13.8. The lowest BCUT2D eigenvalue weighted by molar-refractivity contribution is -0.145. The zero-order valence-electron chi connectivity index (χ0n) is 12.0. The summed E-state index contributed by atoms with van der Waals surface area (Å²) in [6.07, 6.45) is 0.217. The van der Waals surface area contributed by atoms with E-state index in [2.05, 4.69) is 20.8 Å². The molecule has 1 aliphatic heterocycles. The Labute approximate surface area is 132 Å². The monoisotopic (exact) mass is 359 g/mol. The topological polar surface area (TPSA) is 38.8 Å². The highest BCUT2D eigenvalue weighted by molar-refractivity contribution is 9.10. The molecular weight excluding hydrogens is 341 g/mol. The summed E-state index contributed by atoms with van der Waals surface area (Å²) < 4.78 is 24.6. The largest absolute Gasteiger partial charge is 0.466 e. The van der Waals surface area contributed by atoms with Gasteiger partial charge in [-0.3, -0.25) is 9.69 Å². The van der Waals surface area contributed by atoms with Crippen LogP contribution in [0.3, 0.4) is 0 Å². The van der Waals surface area contributed by atoms with Gasteiger partial charge in [0.1, 0.15) is 5.82 Å². The molecule has 21 heavy (non-hydrogen) atoms. The number of hydrogen-bond acceptors (Lipinski definition) is 4. The van der Waals surface area contributed by atoms with Gasteiger partial charge in [-0.2, -0.15) is 0 Å². The molecule has 1 atom stereocenters. The van der Waals surface area contributed by atoms with Gasteiger partial charge in [-0.25, -0.2) is 4.39 Å². The molecule has 0 bridgehead atoms. The van der Waals surface area contributed by atoms with Crippen LogP contribution in [0.2, 0.25) is 0 Å². The average Bonchev–Trinajstić information content (AvgIpc) is 2.49. The summed E-state index contributed by atoms with van der Waals surface area (Å²) in [6, 6.07) is 4.80. The number of rotatable bonds is 5. The van der Waals surface area contributed by atoms with Crippen LogP contribution in [-0.2, 0) is 14.3 Å². The number of ether oxygens (including phenoxy) is 2. The first-order valence-corrected chi connectivity index (χ1v) is 7.83. The van der Waals surface area contributed by atoms with Crippen LogP contribution in [0.1, 0.15) is 24.9 Å². The Kier molecular flexibility index (Phi) is 6.14. The molecule has 1 saturated heterocycles. The molecular formula is C15H19BrFNO3. The first kappa shape index (κ1) is 16.4. The van der Waals surface area contributed by atoms with Crippen molar-refractivity contribution in [1.82, 2.24) is 4.90 Å². The van der Waals surface area contributed by atoms with Crippen LogP contribution in [-0.4, -0.2) is 43.8 Å². The third-order valence-electron chi connectivity index (χ3n) is 3.48. The maximum Gasteiger partial charge on any atom is 0.307 e. The Bertz CT molecular complexity index is 492. The van der Waals surface area contributed by atoms with Crippen molar-refractivity contribution in [2.45, 2.75) is 19.4 Å². The molecule has 0 aromatic heterocycles. The predicted molar refractivity (Wildman–Crippen MR) is 80.5 cm³/mol. The fourth-order valence-corrected chi connectivity index (χ4v) is 2.69. The van der Waals surface area contributed by atoms with E-state index in [0.717, 1.165) is 18.7 Å². The summed E-state index contributed by atoms with van der Waals surface area (Å²) in [5.41, 5.74) is 0.783. The molecule has 0 N–H and O–H groups in total. The molecule has 1 unspecified atom stereocenters. The third-order valence-corrected chi connectivity index (χ3v) is 4.12. The van der Waals surface area contributed by atoms with Crippen molar-refractivity contribution in [3.8, 4) is 0 Å². The number of nitrogens with zero attached hydrogens (tertiary/aromatic N) is 1. The Morgan fingerprint density at radius 1 is 1.48 bits per heavy atom. The number of esters is 1. The number of benzene rings is 1. The van der Waals surface area contributed by atoms with E-state index in [4.69, 9.17) is 9.47 Å². The molecule has 116 valence electrons. The summed E-state index contributed by atoms with van der Waals surface area (Å²) in [5.74, 6) is -0.591. The van der Waals surface area contributed by atoms with E-state index in [1.807, 2.05) is 6.07 Å². The highest BCUT2D eigenvalue weighted by Gasteiger charge is 2.26. The fraction of sp³-hybridized carbons (Fsp3) is 0.533. The van der Waals surface area contributed by atoms with Crippen molar-refractivity contribution in [3.05, 3.63) is 34.1 Å². The Morgan fingerprint density at radius 2 is 2.19 bits per heavy atom. The lowest BCUT2D eigenvalue weighted by Crippen LogP contribution is -2.40. The van der Waals surface area contributed by atoms with Gasteiger partial charge < -0.3 is 9.47 Å². The highest BCUT2D eigenvalue weighted by Crippen LogP contribution is 2.28. The zero-order chi connectivity index (χ0) is 15.2. The van der Waals surface area contributed by atoms with Gasteiger partial charge in [0.05, 0.1) is 30.7 Å². The van der Waals surface area contributed by atoms with E-state index in [1.165, 1.54) is 6.07 Å². The molecule has 1 heterocycles. The molecule has 0 spiro atoms. The second kappa shape index (κ2) is 7.87. The summed E-state index contributed by atoms with van der Waals surface area (Å²) in [4.78, 5) is 14.0. The van der Waals surface area contributed by atoms with E-state index >= 15 is 0 Å². The number of hydrogen-bond donors (Lipinski definition) is 0. The minimum atomic E-state index is -0.324. The normalized spacial score (nSPS) is 17.5. The van der Waals surface area contributed by atoms with Crippen LogP contribution in [0.25, 0.3) is 0 Å². The van der Waals surface area contributed by atoms with Gasteiger partial charge in [0.2, 0.25) is 0 Å². The van der Waals surface area contributed by atoms with Crippen LogP contribution >= 0.6 is 15.9 Å². The molecule has 6 heteroatoms. The van der Waals surface area contributed by atoms with E-state index < -0.39 is 0 Å². The zero-order valence-corrected chi connectivity index (χ0v) is 13.6. The summed E-state index contributed by atoms with van der Waals surface area (Å²) in [7, 11) is 0. The molecule has 1 aliphatic rings. The first-order chi connectivity index (χ1) is 10.1. The minimum Gasteiger partial charge on any atom is -0.466 e. The molecule has 1 aromatic carbocycles. The van der Waals surface area contributed by atoms with Gasteiger partial charge in [0, 0.05) is 19.1 Å². The fourth-order valence-electron chi connectivity index (χ4n) is 2.44. The SMILES string of the molecule is CCOC(=O)CC(c1ccc(Br)c(F)c1)N1CCOCC1. The van der Waals surface area contributed by atoms with Gasteiger partial charge in [-0.15, -0.1) is 0 Å². The van der Waals surface area contributed by atoms with Gasteiger partial charge in [0.25, 0.3) is 0 Å². The molecule has 4 nitrogen and oxygen atoms in total. The number of carbonyl (C=O) groups excluding carboxylic acids is 1. The molecule has 1 fully saturated rings. The number of halogens is 2. The van der Waals surface area contributed by atoms with Crippen molar-refractivity contribution in [3.63, 3.8) is 0 Å². The van der Waals surface area contributed by atoms with Crippen molar-refractivity contribution in [2.75, 3.05) is 32.9 Å². The van der Waals surface area contributed by atoms with Crippen molar-refractivity contribution >= 4 is 21.9 Å². The van der Waals surface area contributed by atoms with Gasteiger partial charge in [-0.05, 0) is 40.5 Å². The lowest BCUT2D eigenvalue weighted by atomic mass is 10.0. The molecule has 0 radical (unpaired) electrons. The van der Waals surface area contributed by atoms with Gasteiger partial charge in [0.15, 0.2) is 0 Å². The van der Waals surface area contributed by atoms with Crippen molar-refractivity contribution in [2.24, 2.45) is 0 Å². The van der Waals surface area contributed by atoms with Crippen LogP contribution < -0.4 is 0 Å². The Morgan fingerprint density at radius 3 is 2.81 bits per heavy atom. The van der Waals surface area contributed by atoms with Crippen molar-refractivity contribution < 1.29 is 18.7 Å². The Hall–Kier alpha value is -0.980.